The van der Waals surface area contributed by atoms with Crippen LogP contribution in [0.5, 0.6) is 0 Å². The normalized spacial score (nSPS) is 16.7. The van der Waals surface area contributed by atoms with Crippen LogP contribution in [0.4, 0.5) is 0 Å². The van der Waals surface area contributed by atoms with Gasteiger partial charge in [0.2, 0.25) is 10.0 Å². The minimum absolute atomic E-state index is 0.00751. The van der Waals surface area contributed by atoms with Crippen molar-refractivity contribution >= 4 is 27.6 Å². The molecule has 1 atom stereocenters. The van der Waals surface area contributed by atoms with Gasteiger partial charge < -0.3 is 9.47 Å². The van der Waals surface area contributed by atoms with Crippen LogP contribution in [0.2, 0.25) is 5.02 Å². The van der Waals surface area contributed by atoms with E-state index in [-0.39, 0.29) is 28.6 Å². The lowest BCUT2D eigenvalue weighted by molar-refractivity contribution is 0.0337. The molecule has 0 saturated carbocycles. The maximum Gasteiger partial charge on any atom is 0.340 e. The van der Waals surface area contributed by atoms with Gasteiger partial charge in [-0.25, -0.2) is 13.2 Å². The highest BCUT2D eigenvalue weighted by molar-refractivity contribution is 7.89. The maximum absolute atomic E-state index is 12.8. The van der Waals surface area contributed by atoms with E-state index in [0.29, 0.717) is 13.2 Å². The van der Waals surface area contributed by atoms with Crippen molar-refractivity contribution in [3.05, 3.63) is 64.7 Å². The Morgan fingerprint density at radius 2 is 1.81 bits per heavy atom. The molecule has 2 aromatic carbocycles. The molecule has 1 heterocycles. The molecule has 27 heavy (non-hydrogen) atoms. The summed E-state index contributed by atoms with van der Waals surface area (Å²) in [5.74, 6) is -0.671. The Labute approximate surface area is 163 Å². The molecular weight excluding hydrogens is 390 g/mol. The van der Waals surface area contributed by atoms with Gasteiger partial charge in [-0.1, -0.05) is 41.9 Å². The van der Waals surface area contributed by atoms with Gasteiger partial charge in [-0.2, -0.15) is 4.31 Å². The number of rotatable bonds is 5. The molecule has 1 aliphatic heterocycles. The highest BCUT2D eigenvalue weighted by Gasteiger charge is 2.28. The third-order valence-electron chi connectivity index (χ3n) is 4.32. The van der Waals surface area contributed by atoms with E-state index in [1.54, 1.807) is 6.92 Å². The first-order valence-corrected chi connectivity index (χ1v) is 10.3. The number of hydrogen-bond donors (Lipinski definition) is 0. The molecule has 1 aliphatic rings. The summed E-state index contributed by atoms with van der Waals surface area (Å²) >= 11 is 6.13. The maximum atomic E-state index is 12.8. The van der Waals surface area contributed by atoms with Crippen LogP contribution in [0.15, 0.2) is 53.4 Å². The number of carbonyl (C=O) groups excluding carboxylic acids is 1. The molecular formula is C19H20ClNO5S. The smallest absolute Gasteiger partial charge is 0.340 e. The van der Waals surface area contributed by atoms with Crippen molar-refractivity contribution in [1.29, 1.82) is 0 Å². The summed E-state index contributed by atoms with van der Waals surface area (Å²) in [5, 5.41) is 0.140. The topological polar surface area (TPSA) is 72.9 Å². The minimum Gasteiger partial charge on any atom is -0.454 e. The predicted octanol–water partition coefficient (Wildman–Crippen LogP) is 3.28. The number of ether oxygens (including phenoxy) is 2. The number of halogens is 1. The van der Waals surface area contributed by atoms with Crippen molar-refractivity contribution in [2.24, 2.45) is 0 Å². The van der Waals surface area contributed by atoms with Crippen LogP contribution in [0, 0.1) is 0 Å². The van der Waals surface area contributed by atoms with Crippen molar-refractivity contribution in [2.45, 2.75) is 17.9 Å². The standard InChI is InChI=1S/C19H20ClNO5S/c1-14(15-5-3-2-4-6-15)26-19(22)17-13-16(7-8-18(17)20)27(23,24)21-9-11-25-12-10-21/h2-8,13-14H,9-12H2,1H3/t14-/m0/s1. The number of hydrogen-bond acceptors (Lipinski definition) is 5. The Bertz CT molecular complexity index is 911. The molecule has 1 fully saturated rings. The molecule has 0 radical (unpaired) electrons. The fraction of sp³-hybridized carbons (Fsp3) is 0.316. The zero-order valence-electron chi connectivity index (χ0n) is 14.8. The molecule has 0 bridgehead atoms. The van der Waals surface area contributed by atoms with Gasteiger partial charge >= 0.3 is 5.97 Å². The third-order valence-corrected chi connectivity index (χ3v) is 6.54. The number of nitrogens with zero attached hydrogens (tertiary/aromatic N) is 1. The first kappa shape index (κ1) is 19.8. The summed E-state index contributed by atoms with van der Waals surface area (Å²) < 4.78 is 37.6. The van der Waals surface area contributed by atoms with Crippen LogP contribution in [-0.4, -0.2) is 45.0 Å². The Morgan fingerprint density at radius 1 is 1.15 bits per heavy atom. The van der Waals surface area contributed by atoms with E-state index < -0.39 is 22.1 Å². The lowest BCUT2D eigenvalue weighted by Crippen LogP contribution is -2.40. The monoisotopic (exact) mass is 409 g/mol. The summed E-state index contributed by atoms with van der Waals surface area (Å²) in [7, 11) is -3.73. The van der Waals surface area contributed by atoms with Crippen molar-refractivity contribution in [2.75, 3.05) is 26.3 Å². The fourth-order valence-corrected chi connectivity index (χ4v) is 4.40. The van der Waals surface area contributed by atoms with Crippen LogP contribution in [-0.2, 0) is 19.5 Å². The fourth-order valence-electron chi connectivity index (χ4n) is 2.77. The molecule has 0 amide bonds. The average molecular weight is 410 g/mol. The largest absolute Gasteiger partial charge is 0.454 e. The number of esters is 1. The molecule has 2 aromatic rings. The van der Waals surface area contributed by atoms with Crippen molar-refractivity contribution < 1.29 is 22.7 Å². The lowest BCUT2D eigenvalue weighted by atomic mass is 10.1. The summed E-state index contributed by atoms with van der Waals surface area (Å²) in [6.45, 7) is 2.98. The van der Waals surface area contributed by atoms with Crippen LogP contribution >= 0.6 is 11.6 Å². The Balaban J connectivity index is 1.83. The van der Waals surface area contributed by atoms with Gasteiger partial charge in [0.15, 0.2) is 0 Å². The minimum atomic E-state index is -3.73. The summed E-state index contributed by atoms with van der Waals surface area (Å²) in [6.07, 6.45) is -0.491. The number of benzene rings is 2. The van der Waals surface area contributed by atoms with Crippen molar-refractivity contribution in [1.82, 2.24) is 4.31 Å². The Morgan fingerprint density at radius 3 is 2.48 bits per heavy atom. The SMILES string of the molecule is C[C@H](OC(=O)c1cc(S(=O)(=O)N2CCOCC2)ccc1Cl)c1ccccc1. The Kier molecular flexibility index (Phi) is 6.16. The highest BCUT2D eigenvalue weighted by atomic mass is 35.5. The average Bonchev–Trinajstić information content (AvgIpc) is 2.69. The quantitative estimate of drug-likeness (QED) is 0.708. The van der Waals surface area contributed by atoms with Gasteiger partial charge in [-0.15, -0.1) is 0 Å². The molecule has 0 spiro atoms. The number of sulfonamides is 1. The molecule has 1 saturated heterocycles. The van der Waals surface area contributed by atoms with Gasteiger partial charge in [0.05, 0.1) is 28.7 Å². The van der Waals surface area contributed by atoms with E-state index >= 15 is 0 Å². The summed E-state index contributed by atoms with van der Waals surface area (Å²) in [5.41, 5.74) is 0.854. The van der Waals surface area contributed by atoms with Gasteiger partial charge in [0.1, 0.15) is 6.10 Å². The van der Waals surface area contributed by atoms with Gasteiger partial charge in [-0.3, -0.25) is 0 Å². The van der Waals surface area contributed by atoms with Gasteiger partial charge in [0.25, 0.3) is 0 Å². The van der Waals surface area contributed by atoms with Crippen LogP contribution in [0.1, 0.15) is 28.9 Å². The third kappa shape index (κ3) is 4.50. The first-order chi connectivity index (χ1) is 12.9. The molecule has 144 valence electrons. The van der Waals surface area contributed by atoms with E-state index in [4.69, 9.17) is 21.1 Å². The highest BCUT2D eigenvalue weighted by Crippen LogP contribution is 2.26. The van der Waals surface area contributed by atoms with Crippen LogP contribution < -0.4 is 0 Å². The second kappa shape index (κ2) is 8.39. The molecule has 8 heteroatoms. The molecule has 3 rings (SSSR count). The second-order valence-corrected chi connectivity index (χ2v) is 8.46. The summed E-state index contributed by atoms with van der Waals surface area (Å²) in [4.78, 5) is 12.6. The first-order valence-electron chi connectivity index (χ1n) is 8.53. The molecule has 0 aromatic heterocycles. The van der Waals surface area contributed by atoms with Crippen LogP contribution in [0.25, 0.3) is 0 Å². The van der Waals surface area contributed by atoms with Gasteiger partial charge in [-0.05, 0) is 30.7 Å². The van der Waals surface area contributed by atoms with Crippen molar-refractivity contribution in [3.63, 3.8) is 0 Å². The molecule has 0 unspecified atom stereocenters. The molecule has 6 nitrogen and oxygen atoms in total. The van der Waals surface area contributed by atoms with E-state index in [9.17, 15) is 13.2 Å². The second-order valence-electron chi connectivity index (χ2n) is 6.12. The number of morpholine rings is 1. The van der Waals surface area contributed by atoms with Crippen molar-refractivity contribution in [3.8, 4) is 0 Å². The predicted molar refractivity (Wildman–Crippen MR) is 101 cm³/mol. The molecule has 0 aliphatic carbocycles. The number of carbonyl (C=O) groups is 1. The van der Waals surface area contributed by atoms with E-state index in [1.807, 2.05) is 30.3 Å². The lowest BCUT2D eigenvalue weighted by Gasteiger charge is -2.26. The van der Waals surface area contributed by atoms with Crippen LogP contribution in [0.3, 0.4) is 0 Å². The van der Waals surface area contributed by atoms with Gasteiger partial charge in [0, 0.05) is 13.1 Å². The van der Waals surface area contributed by atoms with E-state index in [2.05, 4.69) is 0 Å². The zero-order valence-corrected chi connectivity index (χ0v) is 16.4. The zero-order chi connectivity index (χ0) is 19.4. The molecule has 0 N–H and O–H groups in total. The van der Waals surface area contributed by atoms with E-state index in [0.717, 1.165) is 5.56 Å². The van der Waals surface area contributed by atoms with E-state index in [1.165, 1.54) is 22.5 Å². The summed E-state index contributed by atoms with van der Waals surface area (Å²) in [6, 6.07) is 13.3. The Hall–Kier alpha value is -1.93.